The Hall–Kier alpha value is -1.97. The summed E-state index contributed by atoms with van der Waals surface area (Å²) in [7, 11) is 0. The van der Waals surface area contributed by atoms with Crippen LogP contribution in [-0.4, -0.2) is 6.36 Å². The fourth-order valence-corrected chi connectivity index (χ4v) is 1.96. The molecule has 0 saturated carbocycles. The van der Waals surface area contributed by atoms with Crippen LogP contribution in [0.25, 0.3) is 11.1 Å². The molecule has 1 nitrogen and oxygen atoms in total. The van der Waals surface area contributed by atoms with Gasteiger partial charge in [0.05, 0.1) is 0 Å². The van der Waals surface area contributed by atoms with Crippen LogP contribution >= 0.6 is 0 Å². The second-order valence-electron chi connectivity index (χ2n) is 4.09. The normalized spacial score (nSPS) is 11.4. The van der Waals surface area contributed by atoms with E-state index in [1.165, 1.54) is 12.1 Å². The summed E-state index contributed by atoms with van der Waals surface area (Å²) in [6.07, 6.45) is -4.02. The van der Waals surface area contributed by atoms with Gasteiger partial charge in [-0.1, -0.05) is 43.3 Å². The van der Waals surface area contributed by atoms with E-state index < -0.39 is 6.36 Å². The van der Waals surface area contributed by atoms with Crippen LogP contribution in [0.4, 0.5) is 13.2 Å². The second kappa shape index (κ2) is 5.34. The number of benzene rings is 2. The van der Waals surface area contributed by atoms with Crippen molar-refractivity contribution >= 4 is 0 Å². The molecule has 0 unspecified atom stereocenters. The summed E-state index contributed by atoms with van der Waals surface area (Å²) in [5.74, 6) is -0.177. The SMILES string of the molecule is CCc1cc(OC(F)(F)F)ccc1-c1ccccc1. The van der Waals surface area contributed by atoms with Crippen molar-refractivity contribution in [1.29, 1.82) is 0 Å². The molecular weight excluding hydrogens is 253 g/mol. The molecule has 0 heterocycles. The Kier molecular flexibility index (Phi) is 3.79. The third-order valence-corrected chi connectivity index (χ3v) is 2.78. The summed E-state index contributed by atoms with van der Waals surface area (Å²) in [6, 6.07) is 14.0. The molecule has 2 aromatic rings. The summed E-state index contributed by atoms with van der Waals surface area (Å²) in [5, 5.41) is 0. The van der Waals surface area contributed by atoms with Crippen molar-refractivity contribution < 1.29 is 17.9 Å². The Bertz CT molecular complexity index is 547. The van der Waals surface area contributed by atoms with Crippen molar-refractivity contribution in [3.8, 4) is 16.9 Å². The van der Waals surface area contributed by atoms with Crippen LogP contribution in [0.5, 0.6) is 5.75 Å². The van der Waals surface area contributed by atoms with Gasteiger partial charge in [-0.15, -0.1) is 13.2 Å². The number of hydrogen-bond acceptors (Lipinski definition) is 1. The Labute approximate surface area is 109 Å². The molecule has 100 valence electrons. The van der Waals surface area contributed by atoms with Crippen molar-refractivity contribution in [2.75, 3.05) is 0 Å². The van der Waals surface area contributed by atoms with Crippen molar-refractivity contribution in [2.24, 2.45) is 0 Å². The topological polar surface area (TPSA) is 9.23 Å². The minimum Gasteiger partial charge on any atom is -0.406 e. The van der Waals surface area contributed by atoms with E-state index in [2.05, 4.69) is 4.74 Å². The number of halogens is 3. The molecule has 0 bridgehead atoms. The van der Waals surface area contributed by atoms with Crippen molar-refractivity contribution in [1.82, 2.24) is 0 Å². The van der Waals surface area contributed by atoms with Gasteiger partial charge in [0, 0.05) is 0 Å². The lowest BCUT2D eigenvalue weighted by Gasteiger charge is -2.13. The van der Waals surface area contributed by atoms with E-state index >= 15 is 0 Å². The average Bonchev–Trinajstić information content (AvgIpc) is 2.37. The molecule has 2 aromatic carbocycles. The maximum Gasteiger partial charge on any atom is 0.573 e. The molecule has 0 fully saturated rings. The summed E-state index contributed by atoms with van der Waals surface area (Å²) in [4.78, 5) is 0. The predicted octanol–water partition coefficient (Wildman–Crippen LogP) is 4.81. The first-order chi connectivity index (χ1) is 8.99. The molecule has 0 aliphatic heterocycles. The lowest BCUT2D eigenvalue weighted by atomic mass is 9.98. The van der Waals surface area contributed by atoms with Crippen LogP contribution in [0.3, 0.4) is 0 Å². The van der Waals surface area contributed by atoms with Crippen LogP contribution in [0.15, 0.2) is 48.5 Å². The molecule has 0 N–H and O–H groups in total. The van der Waals surface area contributed by atoms with Crippen LogP contribution in [0.1, 0.15) is 12.5 Å². The molecule has 0 saturated heterocycles. The van der Waals surface area contributed by atoms with E-state index in [4.69, 9.17) is 0 Å². The van der Waals surface area contributed by atoms with Gasteiger partial charge < -0.3 is 4.74 Å². The largest absolute Gasteiger partial charge is 0.573 e. The fraction of sp³-hybridized carbons (Fsp3) is 0.200. The fourth-order valence-electron chi connectivity index (χ4n) is 1.96. The number of hydrogen-bond donors (Lipinski definition) is 0. The third-order valence-electron chi connectivity index (χ3n) is 2.78. The van der Waals surface area contributed by atoms with Crippen molar-refractivity contribution in [3.05, 3.63) is 54.1 Å². The number of aryl methyl sites for hydroxylation is 1. The monoisotopic (exact) mass is 266 g/mol. The molecule has 0 aliphatic carbocycles. The smallest absolute Gasteiger partial charge is 0.406 e. The summed E-state index contributed by atoms with van der Waals surface area (Å²) >= 11 is 0. The van der Waals surface area contributed by atoms with Gasteiger partial charge >= 0.3 is 6.36 Å². The zero-order valence-electron chi connectivity index (χ0n) is 10.4. The van der Waals surface area contributed by atoms with E-state index in [1.54, 1.807) is 6.07 Å². The maximum absolute atomic E-state index is 12.2. The average molecular weight is 266 g/mol. The maximum atomic E-state index is 12.2. The Morgan fingerprint density at radius 2 is 1.68 bits per heavy atom. The number of ether oxygens (including phenoxy) is 1. The number of rotatable bonds is 3. The van der Waals surface area contributed by atoms with E-state index in [1.807, 2.05) is 37.3 Å². The van der Waals surface area contributed by atoms with Crippen molar-refractivity contribution in [2.45, 2.75) is 19.7 Å². The molecule has 0 spiro atoms. The van der Waals surface area contributed by atoms with Crippen molar-refractivity contribution in [3.63, 3.8) is 0 Å². The van der Waals surface area contributed by atoms with Gasteiger partial charge in [-0.25, -0.2) is 0 Å². The van der Waals surface area contributed by atoms with Crippen LogP contribution in [0.2, 0.25) is 0 Å². The van der Waals surface area contributed by atoms with E-state index in [0.29, 0.717) is 6.42 Å². The highest BCUT2D eigenvalue weighted by atomic mass is 19.4. The van der Waals surface area contributed by atoms with Gasteiger partial charge in [0.25, 0.3) is 0 Å². The van der Waals surface area contributed by atoms with Gasteiger partial charge in [-0.2, -0.15) is 0 Å². The Balaban J connectivity index is 2.37. The zero-order valence-corrected chi connectivity index (χ0v) is 10.4. The highest BCUT2D eigenvalue weighted by Gasteiger charge is 2.31. The van der Waals surface area contributed by atoms with Crippen LogP contribution in [-0.2, 0) is 6.42 Å². The van der Waals surface area contributed by atoms with E-state index in [9.17, 15) is 13.2 Å². The summed E-state index contributed by atoms with van der Waals surface area (Å²) < 4.78 is 40.5. The third kappa shape index (κ3) is 3.50. The first-order valence-electron chi connectivity index (χ1n) is 5.93. The van der Waals surface area contributed by atoms with Gasteiger partial charge in [0.15, 0.2) is 0 Å². The summed E-state index contributed by atoms with van der Waals surface area (Å²) in [6.45, 7) is 1.90. The first-order valence-corrected chi connectivity index (χ1v) is 5.93. The molecule has 0 aromatic heterocycles. The van der Waals surface area contributed by atoms with E-state index in [-0.39, 0.29) is 5.75 Å². The summed E-state index contributed by atoms with van der Waals surface area (Å²) in [5.41, 5.74) is 2.74. The quantitative estimate of drug-likeness (QED) is 0.774. The number of alkyl halides is 3. The molecule has 0 atom stereocenters. The standard InChI is InChI=1S/C15H13F3O/c1-2-11-10-13(19-15(16,17)18)8-9-14(11)12-6-4-3-5-7-12/h3-10H,2H2,1H3. The zero-order chi connectivity index (χ0) is 13.9. The molecule has 0 aliphatic rings. The highest BCUT2D eigenvalue weighted by Crippen LogP contribution is 2.30. The first kappa shape index (κ1) is 13.5. The Morgan fingerprint density at radius 3 is 2.26 bits per heavy atom. The van der Waals surface area contributed by atoms with Gasteiger partial charge in [-0.05, 0) is 35.2 Å². The predicted molar refractivity (Wildman–Crippen MR) is 67.9 cm³/mol. The molecule has 2 rings (SSSR count). The molecule has 0 amide bonds. The lowest BCUT2D eigenvalue weighted by Crippen LogP contribution is -2.17. The molecule has 4 heteroatoms. The minimum absolute atomic E-state index is 0.177. The van der Waals surface area contributed by atoms with Gasteiger partial charge in [0.2, 0.25) is 0 Å². The Morgan fingerprint density at radius 1 is 1.00 bits per heavy atom. The molecular formula is C15H13F3O. The van der Waals surface area contributed by atoms with Gasteiger partial charge in [-0.3, -0.25) is 0 Å². The van der Waals surface area contributed by atoms with Gasteiger partial charge in [0.1, 0.15) is 5.75 Å². The van der Waals surface area contributed by atoms with Crippen LogP contribution in [0, 0.1) is 0 Å². The minimum atomic E-state index is -4.65. The van der Waals surface area contributed by atoms with Crippen LogP contribution < -0.4 is 4.74 Å². The second-order valence-corrected chi connectivity index (χ2v) is 4.09. The lowest BCUT2D eigenvalue weighted by molar-refractivity contribution is -0.274. The highest BCUT2D eigenvalue weighted by molar-refractivity contribution is 5.68. The van der Waals surface area contributed by atoms with E-state index in [0.717, 1.165) is 16.7 Å². The molecule has 19 heavy (non-hydrogen) atoms. The molecule has 0 radical (unpaired) electrons.